The minimum absolute atomic E-state index is 0.0103. The van der Waals surface area contributed by atoms with Crippen LogP contribution in [0.3, 0.4) is 0 Å². The molecule has 110 valence electrons. The highest BCUT2D eigenvalue weighted by Crippen LogP contribution is 2.08. The standard InChI is InChI=1S/C11H17N5O3S/c12-20(18,19)9-1-2-10(14-7-9)15-8-11(17)16-5-3-13-4-6-16/h1-2,7,13H,3-6,8H2,(H,14,15)(H2,12,18,19). The van der Waals surface area contributed by atoms with E-state index in [0.29, 0.717) is 18.9 Å². The summed E-state index contributed by atoms with van der Waals surface area (Å²) in [6, 6.07) is 2.82. The number of hydrogen-bond acceptors (Lipinski definition) is 6. The number of primary sulfonamides is 1. The molecule has 1 aliphatic rings. The SMILES string of the molecule is NS(=O)(=O)c1ccc(NCC(=O)N2CCNCC2)nc1. The number of carbonyl (C=O) groups excluding carboxylic acids is 1. The number of aromatic nitrogens is 1. The molecule has 1 saturated heterocycles. The molecule has 1 aromatic rings. The van der Waals surface area contributed by atoms with Crippen LogP contribution in [-0.4, -0.2) is 56.9 Å². The van der Waals surface area contributed by atoms with Crippen molar-refractivity contribution in [1.29, 1.82) is 0 Å². The van der Waals surface area contributed by atoms with Crippen LogP contribution in [0.25, 0.3) is 0 Å². The van der Waals surface area contributed by atoms with Crippen LogP contribution in [0.5, 0.6) is 0 Å². The monoisotopic (exact) mass is 299 g/mol. The van der Waals surface area contributed by atoms with Crippen molar-refractivity contribution in [3.63, 3.8) is 0 Å². The van der Waals surface area contributed by atoms with Crippen LogP contribution >= 0.6 is 0 Å². The molecule has 0 radical (unpaired) electrons. The lowest BCUT2D eigenvalue weighted by molar-refractivity contribution is -0.129. The van der Waals surface area contributed by atoms with Gasteiger partial charge in [0.2, 0.25) is 15.9 Å². The third-order valence-corrected chi connectivity index (χ3v) is 3.85. The van der Waals surface area contributed by atoms with E-state index in [1.54, 1.807) is 4.90 Å². The smallest absolute Gasteiger partial charge is 0.242 e. The van der Waals surface area contributed by atoms with E-state index in [0.717, 1.165) is 19.3 Å². The molecule has 1 aliphatic heterocycles. The van der Waals surface area contributed by atoms with Crippen LogP contribution in [-0.2, 0) is 14.8 Å². The summed E-state index contributed by atoms with van der Waals surface area (Å²) in [6.45, 7) is 3.11. The zero-order chi connectivity index (χ0) is 14.6. The Hall–Kier alpha value is -1.71. The zero-order valence-corrected chi connectivity index (χ0v) is 11.7. The van der Waals surface area contributed by atoms with Gasteiger partial charge in [-0.3, -0.25) is 4.79 Å². The molecule has 0 aromatic carbocycles. The molecule has 8 nitrogen and oxygen atoms in total. The first-order chi connectivity index (χ1) is 9.47. The Morgan fingerprint density at radius 3 is 2.65 bits per heavy atom. The first-order valence-electron chi connectivity index (χ1n) is 6.18. The van der Waals surface area contributed by atoms with Gasteiger partial charge in [0.05, 0.1) is 6.54 Å². The molecule has 1 fully saturated rings. The molecular weight excluding hydrogens is 282 g/mol. The third kappa shape index (κ3) is 3.89. The lowest BCUT2D eigenvalue weighted by Gasteiger charge is -2.27. The number of nitrogens with one attached hydrogen (secondary N) is 2. The molecule has 1 aromatic heterocycles. The van der Waals surface area contributed by atoms with Crippen molar-refractivity contribution in [2.24, 2.45) is 5.14 Å². The Morgan fingerprint density at radius 2 is 2.10 bits per heavy atom. The van der Waals surface area contributed by atoms with E-state index in [1.807, 2.05) is 0 Å². The number of amides is 1. The van der Waals surface area contributed by atoms with E-state index in [2.05, 4.69) is 15.6 Å². The second-order valence-corrected chi connectivity index (χ2v) is 5.97. The molecule has 0 aliphatic carbocycles. The first kappa shape index (κ1) is 14.7. The molecule has 0 atom stereocenters. The summed E-state index contributed by atoms with van der Waals surface area (Å²) in [5, 5.41) is 11.0. The van der Waals surface area contributed by atoms with Gasteiger partial charge in [0.15, 0.2) is 0 Å². The zero-order valence-electron chi connectivity index (χ0n) is 10.9. The van der Waals surface area contributed by atoms with Crippen molar-refractivity contribution in [3.05, 3.63) is 18.3 Å². The lowest BCUT2D eigenvalue weighted by atomic mass is 10.3. The average molecular weight is 299 g/mol. The van der Waals surface area contributed by atoms with Crippen molar-refractivity contribution < 1.29 is 13.2 Å². The van der Waals surface area contributed by atoms with Crippen LogP contribution < -0.4 is 15.8 Å². The van der Waals surface area contributed by atoms with E-state index in [-0.39, 0.29) is 17.3 Å². The maximum Gasteiger partial charge on any atom is 0.242 e. The van der Waals surface area contributed by atoms with Crippen molar-refractivity contribution in [2.75, 3.05) is 38.0 Å². The van der Waals surface area contributed by atoms with Crippen LogP contribution in [0.2, 0.25) is 0 Å². The molecule has 0 bridgehead atoms. The number of sulfonamides is 1. The Balaban J connectivity index is 1.89. The molecule has 4 N–H and O–H groups in total. The van der Waals surface area contributed by atoms with E-state index in [9.17, 15) is 13.2 Å². The molecule has 0 spiro atoms. The van der Waals surface area contributed by atoms with Gasteiger partial charge in [-0.1, -0.05) is 0 Å². The molecule has 1 amide bonds. The molecule has 20 heavy (non-hydrogen) atoms. The highest BCUT2D eigenvalue weighted by atomic mass is 32.2. The molecular formula is C11H17N5O3S. The fourth-order valence-electron chi connectivity index (χ4n) is 1.85. The van der Waals surface area contributed by atoms with E-state index < -0.39 is 10.0 Å². The second kappa shape index (κ2) is 6.16. The molecule has 0 saturated carbocycles. The maximum absolute atomic E-state index is 11.9. The summed E-state index contributed by atoms with van der Waals surface area (Å²) >= 11 is 0. The first-order valence-corrected chi connectivity index (χ1v) is 7.73. The van der Waals surface area contributed by atoms with Crippen molar-refractivity contribution in [2.45, 2.75) is 4.90 Å². The van der Waals surface area contributed by atoms with Crippen LogP contribution in [0.1, 0.15) is 0 Å². The van der Waals surface area contributed by atoms with Gasteiger partial charge in [0.25, 0.3) is 0 Å². The summed E-state index contributed by atoms with van der Waals surface area (Å²) in [5.41, 5.74) is 0. The maximum atomic E-state index is 11.9. The Kier molecular flexibility index (Phi) is 4.53. The number of anilines is 1. The fraction of sp³-hybridized carbons (Fsp3) is 0.455. The van der Waals surface area contributed by atoms with Gasteiger partial charge in [-0.25, -0.2) is 18.5 Å². The Morgan fingerprint density at radius 1 is 1.40 bits per heavy atom. The molecule has 2 heterocycles. The number of pyridine rings is 1. The van der Waals surface area contributed by atoms with E-state index in [1.165, 1.54) is 12.1 Å². The van der Waals surface area contributed by atoms with Gasteiger partial charge >= 0.3 is 0 Å². The van der Waals surface area contributed by atoms with Crippen molar-refractivity contribution in [1.82, 2.24) is 15.2 Å². The number of nitrogens with zero attached hydrogens (tertiary/aromatic N) is 2. The van der Waals surface area contributed by atoms with Crippen LogP contribution in [0.15, 0.2) is 23.2 Å². The van der Waals surface area contributed by atoms with Gasteiger partial charge in [-0.2, -0.15) is 0 Å². The lowest BCUT2D eigenvalue weighted by Crippen LogP contribution is -2.48. The molecule has 0 unspecified atom stereocenters. The van der Waals surface area contributed by atoms with Gasteiger partial charge in [0.1, 0.15) is 10.7 Å². The predicted molar refractivity (Wildman–Crippen MR) is 73.5 cm³/mol. The van der Waals surface area contributed by atoms with E-state index in [4.69, 9.17) is 5.14 Å². The second-order valence-electron chi connectivity index (χ2n) is 4.41. The van der Waals surface area contributed by atoms with Crippen molar-refractivity contribution >= 4 is 21.7 Å². The third-order valence-electron chi connectivity index (χ3n) is 2.96. The topological polar surface area (TPSA) is 117 Å². The van der Waals surface area contributed by atoms with Crippen LogP contribution in [0.4, 0.5) is 5.82 Å². The normalized spacial score (nSPS) is 15.9. The summed E-state index contributed by atoms with van der Waals surface area (Å²) in [7, 11) is -3.74. The van der Waals surface area contributed by atoms with Gasteiger partial charge in [-0.05, 0) is 12.1 Å². The average Bonchev–Trinajstić information content (AvgIpc) is 2.45. The summed E-state index contributed by atoms with van der Waals surface area (Å²) in [5.74, 6) is 0.421. The summed E-state index contributed by atoms with van der Waals surface area (Å²) in [6.07, 6.45) is 1.16. The highest BCUT2D eigenvalue weighted by Gasteiger charge is 2.15. The minimum atomic E-state index is -3.74. The van der Waals surface area contributed by atoms with Crippen molar-refractivity contribution in [3.8, 4) is 0 Å². The predicted octanol–water partition coefficient (Wildman–Crippen LogP) is -1.43. The number of piperazine rings is 1. The fourth-order valence-corrected chi connectivity index (χ4v) is 2.30. The van der Waals surface area contributed by atoms with Crippen LogP contribution in [0, 0.1) is 0 Å². The summed E-state index contributed by atoms with van der Waals surface area (Å²) in [4.78, 5) is 17.5. The molecule has 9 heteroatoms. The number of nitrogens with two attached hydrogens (primary N) is 1. The molecule has 2 rings (SSSR count). The number of rotatable bonds is 4. The summed E-state index contributed by atoms with van der Waals surface area (Å²) < 4.78 is 22.1. The van der Waals surface area contributed by atoms with Gasteiger partial charge in [0, 0.05) is 32.4 Å². The van der Waals surface area contributed by atoms with Gasteiger partial charge in [-0.15, -0.1) is 0 Å². The van der Waals surface area contributed by atoms with Gasteiger partial charge < -0.3 is 15.5 Å². The quantitative estimate of drug-likeness (QED) is 0.627. The van der Waals surface area contributed by atoms with E-state index >= 15 is 0 Å². The highest BCUT2D eigenvalue weighted by molar-refractivity contribution is 7.89. The minimum Gasteiger partial charge on any atom is -0.361 e. The number of hydrogen-bond donors (Lipinski definition) is 3. The Bertz CT molecular complexity index is 566. The largest absolute Gasteiger partial charge is 0.361 e. The number of carbonyl (C=O) groups is 1. The Labute approximate surface area is 117 Å².